The molecule has 4 nitrogen and oxygen atoms in total. The van der Waals surface area contributed by atoms with Crippen LogP contribution in [0.4, 0.5) is 5.69 Å². The van der Waals surface area contributed by atoms with Gasteiger partial charge in [0.15, 0.2) is 0 Å². The number of anilines is 1. The zero-order valence-corrected chi connectivity index (χ0v) is 17.5. The van der Waals surface area contributed by atoms with Gasteiger partial charge in [0.1, 0.15) is 0 Å². The number of H-pyrrole nitrogens is 1. The Balaban J connectivity index is 1.54. The number of nitrogens with zero attached hydrogens (tertiary/aromatic N) is 1. The number of aromatic amines is 1. The first kappa shape index (κ1) is 19.5. The van der Waals surface area contributed by atoms with E-state index in [-0.39, 0.29) is 5.91 Å². The van der Waals surface area contributed by atoms with Crippen molar-refractivity contribution in [1.29, 1.82) is 0 Å². The molecule has 2 N–H and O–H groups in total. The van der Waals surface area contributed by atoms with Crippen LogP contribution in [0.3, 0.4) is 0 Å². The van der Waals surface area contributed by atoms with E-state index < -0.39 is 0 Å². The fourth-order valence-electron chi connectivity index (χ4n) is 4.03. The van der Waals surface area contributed by atoms with Crippen molar-refractivity contribution >= 4 is 28.1 Å². The molecule has 2 aromatic carbocycles. The molecule has 0 spiro atoms. The first-order chi connectivity index (χ1) is 13.9. The Morgan fingerprint density at radius 3 is 2.62 bits per heavy atom. The Bertz CT molecular complexity index is 1040. The van der Waals surface area contributed by atoms with Gasteiger partial charge in [-0.05, 0) is 47.7 Å². The van der Waals surface area contributed by atoms with Crippen LogP contribution in [0.15, 0.2) is 60.8 Å². The number of fused-ring (bicyclic) bond motifs is 1. The van der Waals surface area contributed by atoms with Gasteiger partial charge in [0.2, 0.25) is 0 Å². The number of hydrogen-bond acceptors (Lipinski definition) is 2. The number of aromatic nitrogens is 1. The molecule has 1 amide bonds. The lowest BCUT2D eigenvalue weighted by molar-refractivity contribution is 0.102. The second-order valence-electron chi connectivity index (χ2n) is 9.06. The van der Waals surface area contributed by atoms with Gasteiger partial charge >= 0.3 is 0 Å². The van der Waals surface area contributed by atoms with Crippen molar-refractivity contribution in [2.45, 2.75) is 27.2 Å². The second kappa shape index (κ2) is 7.88. The summed E-state index contributed by atoms with van der Waals surface area (Å²) in [6, 6.07) is 15.4. The zero-order chi connectivity index (χ0) is 20.4. The monoisotopic (exact) mass is 387 g/mol. The molecule has 0 bridgehead atoms. The SMILES string of the molecule is CC(C)(C)CN1CC=C(c2c[nH]c3ccc(NC(=O)c4ccccc4)cc23)CC1. The fraction of sp³-hybridized carbons (Fsp3) is 0.320. The lowest BCUT2D eigenvalue weighted by Crippen LogP contribution is -2.35. The maximum atomic E-state index is 12.5. The van der Waals surface area contributed by atoms with Crippen LogP contribution >= 0.6 is 0 Å². The van der Waals surface area contributed by atoms with Crippen LogP contribution in [0.2, 0.25) is 0 Å². The molecule has 0 atom stereocenters. The number of rotatable bonds is 4. The topological polar surface area (TPSA) is 48.1 Å². The Kier molecular flexibility index (Phi) is 5.29. The van der Waals surface area contributed by atoms with Gasteiger partial charge < -0.3 is 10.3 Å². The van der Waals surface area contributed by atoms with Gasteiger partial charge in [-0.1, -0.05) is 45.0 Å². The first-order valence-corrected chi connectivity index (χ1v) is 10.3. The second-order valence-corrected chi connectivity index (χ2v) is 9.06. The van der Waals surface area contributed by atoms with Gasteiger partial charge in [0, 0.05) is 53.5 Å². The summed E-state index contributed by atoms with van der Waals surface area (Å²) in [4.78, 5) is 18.4. The molecule has 0 radical (unpaired) electrons. The van der Waals surface area contributed by atoms with Crippen LogP contribution in [0.25, 0.3) is 16.5 Å². The molecule has 4 heteroatoms. The largest absolute Gasteiger partial charge is 0.361 e. The van der Waals surface area contributed by atoms with Crippen molar-refractivity contribution < 1.29 is 4.79 Å². The first-order valence-electron chi connectivity index (χ1n) is 10.3. The Morgan fingerprint density at radius 1 is 1.14 bits per heavy atom. The Labute approximate surface area is 172 Å². The highest BCUT2D eigenvalue weighted by molar-refractivity contribution is 6.05. The van der Waals surface area contributed by atoms with Crippen molar-refractivity contribution in [1.82, 2.24) is 9.88 Å². The molecule has 1 aliphatic heterocycles. The number of hydrogen-bond donors (Lipinski definition) is 2. The molecule has 3 aromatic rings. The van der Waals surface area contributed by atoms with Crippen LogP contribution in [-0.4, -0.2) is 35.4 Å². The van der Waals surface area contributed by atoms with Crippen LogP contribution < -0.4 is 5.32 Å². The summed E-state index contributed by atoms with van der Waals surface area (Å²) in [5.74, 6) is -0.0864. The summed E-state index contributed by atoms with van der Waals surface area (Å²) < 4.78 is 0. The number of amides is 1. The molecule has 2 heterocycles. The minimum Gasteiger partial charge on any atom is -0.361 e. The zero-order valence-electron chi connectivity index (χ0n) is 17.5. The summed E-state index contributed by atoms with van der Waals surface area (Å²) in [5.41, 5.74) is 5.52. The number of benzene rings is 2. The molecule has 0 aliphatic carbocycles. The Hall–Kier alpha value is -2.85. The van der Waals surface area contributed by atoms with E-state index in [4.69, 9.17) is 0 Å². The third-order valence-electron chi connectivity index (χ3n) is 5.31. The smallest absolute Gasteiger partial charge is 0.255 e. The van der Waals surface area contributed by atoms with Crippen LogP contribution in [0.1, 0.15) is 43.1 Å². The molecule has 0 unspecified atom stereocenters. The molecular formula is C25H29N3O. The standard InChI is InChI=1S/C25H29N3O/c1-25(2,3)17-28-13-11-18(12-14-28)22-16-26-23-10-9-20(15-21(22)23)27-24(29)19-7-5-4-6-8-19/h4-11,15-16,26H,12-14,17H2,1-3H3,(H,27,29). The van der Waals surface area contributed by atoms with E-state index in [9.17, 15) is 4.79 Å². The minimum absolute atomic E-state index is 0.0864. The summed E-state index contributed by atoms with van der Waals surface area (Å²) in [5, 5.41) is 4.18. The molecule has 0 fully saturated rings. The molecular weight excluding hydrogens is 358 g/mol. The van der Waals surface area contributed by atoms with E-state index in [1.807, 2.05) is 42.5 Å². The maximum Gasteiger partial charge on any atom is 0.255 e. The van der Waals surface area contributed by atoms with Crippen LogP contribution in [0, 0.1) is 5.41 Å². The molecule has 0 saturated heterocycles. The molecule has 4 rings (SSSR count). The van der Waals surface area contributed by atoms with Gasteiger partial charge in [-0.2, -0.15) is 0 Å². The van der Waals surface area contributed by atoms with Crippen molar-refractivity contribution in [2.24, 2.45) is 5.41 Å². The van der Waals surface area contributed by atoms with Gasteiger partial charge in [-0.3, -0.25) is 9.69 Å². The number of nitrogens with one attached hydrogen (secondary N) is 2. The molecule has 0 saturated carbocycles. The fourth-order valence-corrected chi connectivity index (χ4v) is 4.03. The third kappa shape index (κ3) is 4.60. The van der Waals surface area contributed by atoms with Gasteiger partial charge in [0.05, 0.1) is 0 Å². The lowest BCUT2D eigenvalue weighted by atomic mass is 9.93. The summed E-state index contributed by atoms with van der Waals surface area (Å²) in [7, 11) is 0. The molecule has 1 aliphatic rings. The maximum absolute atomic E-state index is 12.5. The normalized spacial score (nSPS) is 15.3. The highest BCUT2D eigenvalue weighted by Gasteiger charge is 2.20. The predicted molar refractivity (Wildman–Crippen MR) is 121 cm³/mol. The average Bonchev–Trinajstić information content (AvgIpc) is 3.11. The summed E-state index contributed by atoms with van der Waals surface area (Å²) in [6.45, 7) is 10.1. The van der Waals surface area contributed by atoms with E-state index in [1.165, 1.54) is 11.1 Å². The average molecular weight is 388 g/mol. The van der Waals surface area contributed by atoms with Gasteiger partial charge in [0.25, 0.3) is 5.91 Å². The lowest BCUT2D eigenvalue weighted by Gasteiger charge is -2.32. The van der Waals surface area contributed by atoms with E-state index in [0.717, 1.165) is 42.6 Å². The predicted octanol–water partition coefficient (Wildman–Crippen LogP) is 5.56. The number of carbonyl (C=O) groups excluding carboxylic acids is 1. The van der Waals surface area contributed by atoms with Crippen LogP contribution in [0.5, 0.6) is 0 Å². The van der Waals surface area contributed by atoms with Gasteiger partial charge in [-0.15, -0.1) is 0 Å². The van der Waals surface area contributed by atoms with Crippen molar-refractivity contribution in [3.63, 3.8) is 0 Å². The van der Waals surface area contributed by atoms with Crippen molar-refractivity contribution in [2.75, 3.05) is 25.0 Å². The van der Waals surface area contributed by atoms with E-state index in [2.05, 4.69) is 54.3 Å². The third-order valence-corrected chi connectivity index (χ3v) is 5.31. The highest BCUT2D eigenvalue weighted by Crippen LogP contribution is 2.31. The van der Waals surface area contributed by atoms with E-state index in [1.54, 1.807) is 0 Å². The Morgan fingerprint density at radius 2 is 1.93 bits per heavy atom. The molecule has 1 aromatic heterocycles. The van der Waals surface area contributed by atoms with Crippen molar-refractivity contribution in [3.05, 3.63) is 71.9 Å². The van der Waals surface area contributed by atoms with Gasteiger partial charge in [-0.25, -0.2) is 0 Å². The van der Waals surface area contributed by atoms with Crippen LogP contribution in [-0.2, 0) is 0 Å². The van der Waals surface area contributed by atoms with E-state index >= 15 is 0 Å². The molecule has 150 valence electrons. The summed E-state index contributed by atoms with van der Waals surface area (Å²) in [6.07, 6.45) is 5.50. The highest BCUT2D eigenvalue weighted by atomic mass is 16.1. The number of carbonyl (C=O) groups is 1. The quantitative estimate of drug-likeness (QED) is 0.616. The van der Waals surface area contributed by atoms with E-state index in [0.29, 0.717) is 11.0 Å². The molecule has 29 heavy (non-hydrogen) atoms. The van der Waals surface area contributed by atoms with Crippen molar-refractivity contribution in [3.8, 4) is 0 Å². The summed E-state index contributed by atoms with van der Waals surface area (Å²) >= 11 is 0. The minimum atomic E-state index is -0.0864.